The summed E-state index contributed by atoms with van der Waals surface area (Å²) in [5.41, 5.74) is 0.421. The topological polar surface area (TPSA) is 38.7 Å². The van der Waals surface area contributed by atoms with Gasteiger partial charge >= 0.3 is 0 Å². The number of hydrogen-bond donors (Lipinski definition) is 1. The third-order valence-corrected chi connectivity index (χ3v) is 10.9. The lowest BCUT2D eigenvalue weighted by Crippen LogP contribution is -2.50. The van der Waals surface area contributed by atoms with E-state index in [1.54, 1.807) is 0 Å². The van der Waals surface area contributed by atoms with Crippen molar-refractivity contribution in [1.29, 1.82) is 0 Å². The summed E-state index contributed by atoms with van der Waals surface area (Å²) in [4.78, 5) is 0. The molecule has 0 bridgehead atoms. The second-order valence-electron chi connectivity index (χ2n) is 12.0. The van der Waals surface area contributed by atoms with E-state index in [0.717, 1.165) is 55.0 Å². The van der Waals surface area contributed by atoms with Crippen molar-refractivity contribution in [2.75, 3.05) is 13.2 Å². The Morgan fingerprint density at radius 3 is 2.52 bits per heavy atom. The van der Waals surface area contributed by atoms with Crippen LogP contribution in [0.1, 0.15) is 86.9 Å². The lowest BCUT2D eigenvalue weighted by Gasteiger charge is -2.56. The van der Waals surface area contributed by atoms with E-state index >= 15 is 0 Å². The molecule has 1 spiro atoms. The van der Waals surface area contributed by atoms with Gasteiger partial charge in [-0.15, -0.1) is 0 Å². The Morgan fingerprint density at radius 2 is 1.79 bits per heavy atom. The maximum atomic E-state index is 9.49. The van der Waals surface area contributed by atoms with Crippen molar-refractivity contribution in [2.45, 2.75) is 97.4 Å². The van der Waals surface area contributed by atoms with Crippen molar-refractivity contribution in [3.63, 3.8) is 0 Å². The van der Waals surface area contributed by atoms with Gasteiger partial charge in [0, 0.05) is 20.4 Å². The van der Waals surface area contributed by atoms with Crippen LogP contribution in [0.3, 0.4) is 0 Å². The third kappa shape index (κ3) is 3.08. The molecule has 2 aliphatic heterocycles. The molecule has 3 heteroatoms. The molecule has 0 aromatic rings. The molecule has 5 fully saturated rings. The fraction of sp³-hybridized carbons (Fsp3) is 1.00. The van der Waals surface area contributed by atoms with Gasteiger partial charge in [-0.25, -0.2) is 0 Å². The zero-order valence-corrected chi connectivity index (χ0v) is 19.2. The molecule has 5 aliphatic rings. The second-order valence-corrected chi connectivity index (χ2v) is 12.0. The average molecular weight is 407 g/mol. The molecule has 0 aromatic carbocycles. The molecule has 3 nitrogen and oxygen atoms in total. The smallest absolute Gasteiger partial charge is 0.171 e. The SMILES string of the molecule is CC1CCC2[C@@H]3C[C@@H]4O[C@]5(CC[C@H](C)CO5)[C@@H](C)[C@@H]4C3CC[C@@H]2[C@@]1(C)CCCO.[HH]. The quantitative estimate of drug-likeness (QED) is 0.634. The maximum Gasteiger partial charge on any atom is 0.171 e. The van der Waals surface area contributed by atoms with Crippen molar-refractivity contribution in [3.05, 3.63) is 0 Å². The molecule has 1 N–H and O–H groups in total. The summed E-state index contributed by atoms with van der Waals surface area (Å²) in [5, 5.41) is 9.49. The van der Waals surface area contributed by atoms with Crippen LogP contribution in [0.15, 0.2) is 0 Å². The van der Waals surface area contributed by atoms with E-state index < -0.39 is 0 Å². The van der Waals surface area contributed by atoms with E-state index in [-0.39, 0.29) is 7.21 Å². The van der Waals surface area contributed by atoms with Gasteiger partial charge in [-0.3, -0.25) is 0 Å². The minimum absolute atomic E-state index is 0. The molecular weight excluding hydrogens is 360 g/mol. The number of aliphatic hydroxyl groups excluding tert-OH is 1. The van der Waals surface area contributed by atoms with Gasteiger partial charge < -0.3 is 14.6 Å². The lowest BCUT2D eigenvalue weighted by molar-refractivity contribution is -0.272. The van der Waals surface area contributed by atoms with Gasteiger partial charge in [0.15, 0.2) is 5.79 Å². The molecule has 3 aliphatic carbocycles. The predicted molar refractivity (Wildman–Crippen MR) is 117 cm³/mol. The van der Waals surface area contributed by atoms with Crippen molar-refractivity contribution in [1.82, 2.24) is 0 Å². The van der Waals surface area contributed by atoms with Crippen LogP contribution in [-0.2, 0) is 9.47 Å². The van der Waals surface area contributed by atoms with Crippen LogP contribution in [0.25, 0.3) is 0 Å². The minimum atomic E-state index is -0.264. The van der Waals surface area contributed by atoms with Gasteiger partial charge in [-0.1, -0.05) is 27.7 Å². The average Bonchev–Trinajstić information content (AvgIpc) is 3.20. The summed E-state index contributed by atoms with van der Waals surface area (Å²) in [5.74, 6) is 5.95. The fourth-order valence-corrected chi connectivity index (χ4v) is 9.02. The van der Waals surface area contributed by atoms with Crippen LogP contribution < -0.4 is 0 Å². The summed E-state index contributed by atoms with van der Waals surface area (Å²) in [6.45, 7) is 11.0. The molecule has 3 unspecified atom stereocenters. The van der Waals surface area contributed by atoms with E-state index in [1.165, 1.54) is 44.9 Å². The lowest BCUT2D eigenvalue weighted by atomic mass is 9.49. The first kappa shape index (κ1) is 20.8. The first-order valence-corrected chi connectivity index (χ1v) is 12.8. The highest BCUT2D eigenvalue weighted by Crippen LogP contribution is 2.66. The second kappa shape index (κ2) is 7.48. The standard InChI is InChI=1S/C26H44O3.H2/c1-16-10-12-26(28-15-16)18(3)24-20-8-9-22-19(21(20)14-23(24)29-26)7-6-17(2)25(22,4)11-5-13-27;/h16-24,27H,5-15H2,1-4H3;1H/t16-,17?,18-,19?,20?,21-,22-,23-,24+,25-,26+;/m0./s1. The highest BCUT2D eigenvalue weighted by molar-refractivity contribution is 5.10. The molecule has 168 valence electrons. The Hall–Kier alpha value is -0.120. The minimum Gasteiger partial charge on any atom is -0.396 e. The monoisotopic (exact) mass is 406 g/mol. The largest absolute Gasteiger partial charge is 0.396 e. The Balaban J connectivity index is 0.00000218. The Kier molecular flexibility index (Phi) is 5.36. The zero-order valence-electron chi connectivity index (χ0n) is 19.2. The predicted octanol–water partition coefficient (Wildman–Crippen LogP) is 5.90. The fourth-order valence-electron chi connectivity index (χ4n) is 9.02. The van der Waals surface area contributed by atoms with Gasteiger partial charge in [-0.2, -0.15) is 0 Å². The zero-order chi connectivity index (χ0) is 20.4. The molecule has 3 saturated carbocycles. The number of hydrogen-bond acceptors (Lipinski definition) is 3. The van der Waals surface area contributed by atoms with Gasteiger partial charge in [0.05, 0.1) is 12.7 Å². The summed E-state index contributed by atoms with van der Waals surface area (Å²) in [7, 11) is 0. The van der Waals surface area contributed by atoms with Crippen LogP contribution in [-0.4, -0.2) is 30.2 Å². The highest BCUT2D eigenvalue weighted by atomic mass is 16.7. The molecule has 5 rings (SSSR count). The van der Waals surface area contributed by atoms with Crippen LogP contribution in [0.4, 0.5) is 0 Å². The molecular formula is C26H46O3. The van der Waals surface area contributed by atoms with E-state index in [0.29, 0.717) is 30.0 Å². The maximum absolute atomic E-state index is 9.49. The van der Waals surface area contributed by atoms with Crippen molar-refractivity contribution in [2.24, 2.45) is 52.8 Å². The number of rotatable bonds is 3. The van der Waals surface area contributed by atoms with Gasteiger partial charge in [0.1, 0.15) is 0 Å². The summed E-state index contributed by atoms with van der Waals surface area (Å²) >= 11 is 0. The number of aliphatic hydroxyl groups is 1. The summed E-state index contributed by atoms with van der Waals surface area (Å²) in [6.07, 6.45) is 11.9. The highest BCUT2D eigenvalue weighted by Gasteiger charge is 2.64. The molecule has 0 radical (unpaired) electrons. The Labute approximate surface area is 179 Å². The van der Waals surface area contributed by atoms with E-state index in [2.05, 4.69) is 27.7 Å². The van der Waals surface area contributed by atoms with Gasteiger partial charge in [0.2, 0.25) is 0 Å². The Bertz CT molecular complexity index is 603. The van der Waals surface area contributed by atoms with Crippen molar-refractivity contribution >= 4 is 0 Å². The number of fused-ring (bicyclic) bond motifs is 5. The first-order valence-electron chi connectivity index (χ1n) is 12.8. The van der Waals surface area contributed by atoms with E-state index in [9.17, 15) is 5.11 Å². The van der Waals surface area contributed by atoms with E-state index in [1.807, 2.05) is 0 Å². The third-order valence-electron chi connectivity index (χ3n) is 10.9. The number of ether oxygens (including phenoxy) is 2. The van der Waals surface area contributed by atoms with Crippen molar-refractivity contribution < 1.29 is 16.0 Å². The molecule has 2 saturated heterocycles. The van der Waals surface area contributed by atoms with Crippen LogP contribution in [0.5, 0.6) is 0 Å². The summed E-state index contributed by atoms with van der Waals surface area (Å²) in [6, 6.07) is 0. The van der Waals surface area contributed by atoms with Crippen LogP contribution >= 0.6 is 0 Å². The van der Waals surface area contributed by atoms with Gasteiger partial charge in [0.25, 0.3) is 0 Å². The van der Waals surface area contributed by atoms with Crippen molar-refractivity contribution in [3.8, 4) is 0 Å². The first-order chi connectivity index (χ1) is 13.9. The van der Waals surface area contributed by atoms with Crippen LogP contribution in [0, 0.1) is 52.8 Å². The molecule has 0 aromatic heterocycles. The Morgan fingerprint density at radius 1 is 1.00 bits per heavy atom. The van der Waals surface area contributed by atoms with Gasteiger partial charge in [-0.05, 0) is 98.2 Å². The molecule has 11 atom stereocenters. The summed E-state index contributed by atoms with van der Waals surface area (Å²) < 4.78 is 13.2. The molecule has 0 amide bonds. The molecule has 29 heavy (non-hydrogen) atoms. The molecule has 2 heterocycles. The normalized spacial score (nSPS) is 56.8. The van der Waals surface area contributed by atoms with E-state index in [4.69, 9.17) is 9.47 Å². The van der Waals surface area contributed by atoms with Crippen LogP contribution in [0.2, 0.25) is 0 Å².